The molecule has 0 aliphatic heterocycles. The van der Waals surface area contributed by atoms with Crippen LogP contribution in [-0.4, -0.2) is 48.0 Å². The number of nitrogens with two attached hydrogens (primary N) is 3. The van der Waals surface area contributed by atoms with Crippen LogP contribution in [0.5, 0.6) is 0 Å². The summed E-state index contributed by atoms with van der Waals surface area (Å²) in [7, 11) is 0. The molecule has 2 aromatic carbocycles. The molecule has 3 rings (SSSR count). The van der Waals surface area contributed by atoms with Gasteiger partial charge in [-0.05, 0) is 86.4 Å². The Morgan fingerprint density at radius 2 is 1.68 bits per heavy atom. The van der Waals surface area contributed by atoms with Gasteiger partial charge in [0, 0.05) is 23.7 Å². The van der Waals surface area contributed by atoms with Crippen LogP contribution in [0.2, 0.25) is 0 Å². The highest BCUT2D eigenvalue weighted by atomic mass is 16.4. The minimum absolute atomic E-state index is 0.0138. The van der Waals surface area contributed by atoms with E-state index in [0.29, 0.717) is 30.1 Å². The third-order valence-corrected chi connectivity index (χ3v) is 6.69. The average molecular weight is 509 g/mol. The number of aliphatic carboxylic acids is 1. The van der Waals surface area contributed by atoms with E-state index in [1.807, 2.05) is 30.3 Å². The lowest BCUT2D eigenvalue weighted by molar-refractivity contribution is -0.139. The molecular formula is C27H36N6O4. The second-order valence-electron chi connectivity index (χ2n) is 9.42. The molecule has 0 unspecified atom stereocenters. The normalized spacial score (nSPS) is 17.9. The van der Waals surface area contributed by atoms with Gasteiger partial charge in [-0.1, -0.05) is 24.3 Å². The molecule has 1 fully saturated rings. The highest BCUT2D eigenvalue weighted by Crippen LogP contribution is 2.30. The lowest BCUT2D eigenvalue weighted by Gasteiger charge is -2.26. The van der Waals surface area contributed by atoms with Gasteiger partial charge in [-0.2, -0.15) is 0 Å². The van der Waals surface area contributed by atoms with Crippen LogP contribution >= 0.6 is 0 Å². The molecule has 37 heavy (non-hydrogen) atoms. The number of carbonyl (C=O) groups is 3. The van der Waals surface area contributed by atoms with Crippen molar-refractivity contribution in [3.05, 3.63) is 54.1 Å². The van der Waals surface area contributed by atoms with Crippen LogP contribution in [0.3, 0.4) is 0 Å². The smallest absolute Gasteiger partial charge is 0.326 e. The predicted octanol–water partition coefficient (Wildman–Crippen LogP) is 2.29. The van der Waals surface area contributed by atoms with Crippen LogP contribution < -0.4 is 27.8 Å². The van der Waals surface area contributed by atoms with Crippen LogP contribution in [0.4, 0.5) is 5.69 Å². The maximum absolute atomic E-state index is 12.8. The molecule has 1 aliphatic carbocycles. The molecule has 0 aromatic heterocycles. The molecule has 0 heterocycles. The molecule has 1 aliphatic rings. The number of rotatable bonds is 11. The second-order valence-corrected chi connectivity index (χ2v) is 9.42. The van der Waals surface area contributed by atoms with Crippen molar-refractivity contribution >= 4 is 29.4 Å². The average Bonchev–Trinajstić information content (AvgIpc) is 2.90. The van der Waals surface area contributed by atoms with Gasteiger partial charge < -0.3 is 32.9 Å². The Bertz CT molecular complexity index is 1120. The number of benzene rings is 2. The number of anilines is 1. The summed E-state index contributed by atoms with van der Waals surface area (Å²) in [5.74, 6) is -1.18. The minimum atomic E-state index is -1.13. The van der Waals surface area contributed by atoms with Gasteiger partial charge in [-0.15, -0.1) is 0 Å². The third-order valence-electron chi connectivity index (χ3n) is 6.69. The molecule has 0 bridgehead atoms. The summed E-state index contributed by atoms with van der Waals surface area (Å²) in [6, 6.07) is 13.3. The van der Waals surface area contributed by atoms with Crippen molar-refractivity contribution in [2.45, 2.75) is 44.6 Å². The summed E-state index contributed by atoms with van der Waals surface area (Å²) < 4.78 is 0. The molecule has 198 valence electrons. The van der Waals surface area contributed by atoms with Crippen molar-refractivity contribution in [1.29, 1.82) is 0 Å². The summed E-state index contributed by atoms with van der Waals surface area (Å²) in [5.41, 5.74) is 18.9. The Kier molecular flexibility index (Phi) is 10.0. The molecular weight excluding hydrogens is 472 g/mol. The monoisotopic (exact) mass is 508 g/mol. The first-order valence-electron chi connectivity index (χ1n) is 12.6. The topological polar surface area (TPSA) is 186 Å². The summed E-state index contributed by atoms with van der Waals surface area (Å²) in [6.07, 6.45) is 4.23. The van der Waals surface area contributed by atoms with Gasteiger partial charge in [-0.3, -0.25) is 14.6 Å². The van der Waals surface area contributed by atoms with E-state index in [1.54, 1.807) is 18.2 Å². The van der Waals surface area contributed by atoms with Gasteiger partial charge in [0.25, 0.3) is 5.91 Å². The van der Waals surface area contributed by atoms with Gasteiger partial charge >= 0.3 is 5.97 Å². The molecule has 0 radical (unpaired) electrons. The Balaban J connectivity index is 1.65. The predicted molar refractivity (Wildman–Crippen MR) is 144 cm³/mol. The number of guanidine groups is 1. The van der Waals surface area contributed by atoms with Crippen LogP contribution in [0.25, 0.3) is 11.1 Å². The van der Waals surface area contributed by atoms with E-state index in [9.17, 15) is 19.5 Å². The minimum Gasteiger partial charge on any atom is -0.480 e. The van der Waals surface area contributed by atoms with Gasteiger partial charge in [0.05, 0.1) is 0 Å². The molecule has 0 saturated heterocycles. The molecule has 0 spiro atoms. The maximum Gasteiger partial charge on any atom is 0.326 e. The summed E-state index contributed by atoms with van der Waals surface area (Å²) in [6.45, 7) is 0.948. The SMILES string of the molecule is NCC1CCC(C(=O)Nc2cccc(-c3cccc(C(=O)N[C@@H](CCCN=C(N)N)C(=O)O)c3)c2)CC1. The molecule has 9 N–H and O–H groups in total. The number of amides is 2. The molecule has 2 amide bonds. The lowest BCUT2D eigenvalue weighted by atomic mass is 9.81. The number of hydrogen-bond donors (Lipinski definition) is 6. The number of carbonyl (C=O) groups excluding carboxylic acids is 2. The molecule has 1 atom stereocenters. The summed E-state index contributed by atoms with van der Waals surface area (Å²) in [5, 5.41) is 15.1. The van der Waals surface area contributed by atoms with Crippen molar-refractivity contribution in [2.24, 2.45) is 34.0 Å². The molecule has 10 heteroatoms. The van der Waals surface area contributed by atoms with Crippen molar-refractivity contribution in [2.75, 3.05) is 18.4 Å². The third kappa shape index (κ3) is 8.32. The number of hydrogen-bond acceptors (Lipinski definition) is 5. The highest BCUT2D eigenvalue weighted by molar-refractivity contribution is 5.98. The molecule has 1 saturated carbocycles. The van der Waals surface area contributed by atoms with Gasteiger partial charge in [0.1, 0.15) is 6.04 Å². The molecule has 2 aromatic rings. The van der Waals surface area contributed by atoms with Gasteiger partial charge in [0.2, 0.25) is 5.91 Å². The number of aliphatic imine (C=N–C) groups is 1. The zero-order chi connectivity index (χ0) is 26.8. The van der Waals surface area contributed by atoms with Crippen molar-refractivity contribution in [1.82, 2.24) is 5.32 Å². The number of carboxylic acid groups (broad SMARTS) is 1. The van der Waals surface area contributed by atoms with E-state index in [0.717, 1.165) is 36.8 Å². The van der Waals surface area contributed by atoms with E-state index in [1.165, 1.54) is 0 Å². The van der Waals surface area contributed by atoms with Gasteiger partial charge in [-0.25, -0.2) is 4.79 Å². The Labute approximate surface area is 216 Å². The fraction of sp³-hybridized carbons (Fsp3) is 0.407. The quantitative estimate of drug-likeness (QED) is 0.153. The first kappa shape index (κ1) is 27.7. The van der Waals surface area contributed by atoms with Crippen molar-refractivity contribution in [3.8, 4) is 11.1 Å². The number of nitrogens with one attached hydrogen (secondary N) is 2. The van der Waals surface area contributed by atoms with E-state index >= 15 is 0 Å². The maximum atomic E-state index is 12.8. The standard InChI is InChI=1S/C27H36N6O4/c28-16-17-9-11-18(12-10-17)24(34)32-22-7-2-5-20(15-22)19-4-1-6-21(14-19)25(35)33-23(26(36)37)8-3-13-31-27(29)30/h1-2,4-7,14-15,17-18,23H,3,8-13,16,28H2,(H,32,34)(H,33,35)(H,36,37)(H4,29,30,31)/t17?,18?,23-/m0/s1. The Morgan fingerprint density at radius 3 is 2.32 bits per heavy atom. The first-order valence-corrected chi connectivity index (χ1v) is 12.6. The second kappa shape index (κ2) is 13.4. The summed E-state index contributed by atoms with van der Waals surface area (Å²) >= 11 is 0. The first-order chi connectivity index (χ1) is 17.8. The number of nitrogens with zero attached hydrogens (tertiary/aromatic N) is 1. The number of carboxylic acids is 1. The van der Waals surface area contributed by atoms with E-state index in [2.05, 4.69) is 15.6 Å². The molecule has 10 nitrogen and oxygen atoms in total. The van der Waals surface area contributed by atoms with Crippen LogP contribution in [0.1, 0.15) is 48.9 Å². The van der Waals surface area contributed by atoms with Crippen LogP contribution in [0, 0.1) is 11.8 Å². The summed E-state index contributed by atoms with van der Waals surface area (Å²) in [4.78, 5) is 41.0. The fourth-order valence-corrected chi connectivity index (χ4v) is 4.52. The van der Waals surface area contributed by atoms with Crippen LogP contribution in [0.15, 0.2) is 53.5 Å². The highest BCUT2D eigenvalue weighted by Gasteiger charge is 2.26. The van der Waals surface area contributed by atoms with Gasteiger partial charge in [0.15, 0.2) is 5.96 Å². The van der Waals surface area contributed by atoms with E-state index < -0.39 is 17.9 Å². The zero-order valence-corrected chi connectivity index (χ0v) is 20.9. The lowest BCUT2D eigenvalue weighted by Crippen LogP contribution is -2.40. The zero-order valence-electron chi connectivity index (χ0n) is 20.9. The van der Waals surface area contributed by atoms with E-state index in [-0.39, 0.29) is 30.8 Å². The van der Waals surface area contributed by atoms with E-state index in [4.69, 9.17) is 17.2 Å². The Morgan fingerprint density at radius 1 is 1.00 bits per heavy atom. The van der Waals surface area contributed by atoms with Crippen molar-refractivity contribution in [3.63, 3.8) is 0 Å². The fourth-order valence-electron chi connectivity index (χ4n) is 4.52. The Hall–Kier alpha value is -3.92. The largest absolute Gasteiger partial charge is 0.480 e. The van der Waals surface area contributed by atoms with Crippen molar-refractivity contribution < 1.29 is 19.5 Å². The van der Waals surface area contributed by atoms with Crippen LogP contribution in [-0.2, 0) is 9.59 Å².